The van der Waals surface area contributed by atoms with E-state index in [-0.39, 0.29) is 18.1 Å². The van der Waals surface area contributed by atoms with Crippen LogP contribution in [0.4, 0.5) is 0 Å². The third-order valence-electron chi connectivity index (χ3n) is 4.42. The second-order valence-electron chi connectivity index (χ2n) is 6.53. The normalized spacial score (nSPS) is 18.5. The van der Waals surface area contributed by atoms with E-state index in [0.29, 0.717) is 32.6 Å². The van der Waals surface area contributed by atoms with Crippen molar-refractivity contribution in [2.24, 2.45) is 11.1 Å². The zero-order valence-electron chi connectivity index (χ0n) is 14.3. The molecule has 0 bridgehead atoms. The molecule has 0 aromatic heterocycles. The Hall–Kier alpha value is -1.59. The molecule has 1 fully saturated rings. The molecule has 1 amide bonds. The quantitative estimate of drug-likeness (QED) is 0.844. The van der Waals surface area contributed by atoms with Crippen molar-refractivity contribution >= 4 is 5.91 Å². The lowest BCUT2D eigenvalue weighted by Gasteiger charge is -2.35. The highest BCUT2D eigenvalue weighted by atomic mass is 16.5. The summed E-state index contributed by atoms with van der Waals surface area (Å²) in [5.74, 6) is 0.864. The third kappa shape index (κ3) is 4.45. The van der Waals surface area contributed by atoms with E-state index in [2.05, 4.69) is 5.32 Å². The molecule has 0 spiro atoms. The Morgan fingerprint density at radius 2 is 1.87 bits per heavy atom. The van der Waals surface area contributed by atoms with Crippen LogP contribution in [-0.4, -0.2) is 31.8 Å². The van der Waals surface area contributed by atoms with Crippen LogP contribution in [0.1, 0.15) is 45.2 Å². The van der Waals surface area contributed by atoms with Crippen LogP contribution in [-0.2, 0) is 9.53 Å². The van der Waals surface area contributed by atoms with Gasteiger partial charge in [-0.15, -0.1) is 0 Å². The van der Waals surface area contributed by atoms with Crippen LogP contribution in [0.2, 0.25) is 0 Å². The molecule has 0 saturated carbocycles. The lowest BCUT2D eigenvalue weighted by atomic mass is 9.79. The van der Waals surface area contributed by atoms with Gasteiger partial charge in [0.05, 0.1) is 17.6 Å². The van der Waals surface area contributed by atoms with Gasteiger partial charge in [-0.25, -0.2) is 0 Å². The van der Waals surface area contributed by atoms with Gasteiger partial charge in [0.25, 0.3) is 0 Å². The monoisotopic (exact) mass is 320 g/mol. The maximum Gasteiger partial charge on any atom is 0.228 e. The van der Waals surface area contributed by atoms with Crippen LogP contribution >= 0.6 is 0 Å². The number of carbonyl (C=O) groups excluding carboxylic acids is 1. The molecule has 1 aromatic rings. The summed E-state index contributed by atoms with van der Waals surface area (Å²) in [5, 5.41) is 3.10. The van der Waals surface area contributed by atoms with Crippen LogP contribution in [0.5, 0.6) is 5.75 Å². The van der Waals surface area contributed by atoms with Gasteiger partial charge in [0.15, 0.2) is 0 Å². The Morgan fingerprint density at radius 1 is 1.26 bits per heavy atom. The minimum Gasteiger partial charge on any atom is -0.491 e. The standard InChI is InChI=1S/C18H28N2O3/c1-13(2)23-16-6-4-15(5-7-16)14(3)20-17(21)18(12-19)8-10-22-11-9-18/h4-7,13-14H,8-12,19H2,1-3H3,(H,20,21). The van der Waals surface area contributed by atoms with Gasteiger partial charge in [-0.1, -0.05) is 12.1 Å². The predicted molar refractivity (Wildman–Crippen MR) is 90.3 cm³/mol. The fraction of sp³-hybridized carbons (Fsp3) is 0.611. The molecule has 0 radical (unpaired) electrons. The number of amides is 1. The minimum absolute atomic E-state index is 0.0262. The number of carbonyl (C=O) groups is 1. The highest BCUT2D eigenvalue weighted by Crippen LogP contribution is 2.30. The smallest absolute Gasteiger partial charge is 0.228 e. The van der Waals surface area contributed by atoms with Gasteiger partial charge < -0.3 is 20.5 Å². The number of hydrogen-bond donors (Lipinski definition) is 2. The molecule has 1 saturated heterocycles. The van der Waals surface area contributed by atoms with E-state index in [4.69, 9.17) is 15.2 Å². The lowest BCUT2D eigenvalue weighted by molar-refractivity contribution is -0.136. The molecule has 5 nitrogen and oxygen atoms in total. The maximum absolute atomic E-state index is 12.7. The first-order valence-corrected chi connectivity index (χ1v) is 8.32. The van der Waals surface area contributed by atoms with Crippen molar-refractivity contribution < 1.29 is 14.3 Å². The number of ether oxygens (including phenoxy) is 2. The van der Waals surface area contributed by atoms with E-state index in [1.54, 1.807) is 0 Å². The average molecular weight is 320 g/mol. The molecular formula is C18H28N2O3. The Balaban J connectivity index is 2.00. The SMILES string of the molecule is CC(C)Oc1ccc(C(C)NC(=O)C2(CN)CCOCC2)cc1. The number of nitrogens with two attached hydrogens (primary N) is 1. The summed E-state index contributed by atoms with van der Waals surface area (Å²) in [5.41, 5.74) is 6.44. The first-order valence-electron chi connectivity index (χ1n) is 8.32. The topological polar surface area (TPSA) is 73.6 Å². The fourth-order valence-corrected chi connectivity index (χ4v) is 2.83. The van der Waals surface area contributed by atoms with Crippen LogP contribution in [0.25, 0.3) is 0 Å². The zero-order valence-corrected chi connectivity index (χ0v) is 14.3. The maximum atomic E-state index is 12.7. The second kappa shape index (κ2) is 7.79. The summed E-state index contributed by atoms with van der Waals surface area (Å²) in [6.45, 7) is 7.53. The first-order chi connectivity index (χ1) is 11.0. The lowest BCUT2D eigenvalue weighted by Crippen LogP contribution is -2.49. The molecule has 5 heteroatoms. The molecule has 1 heterocycles. The largest absolute Gasteiger partial charge is 0.491 e. The average Bonchev–Trinajstić information content (AvgIpc) is 2.55. The summed E-state index contributed by atoms with van der Waals surface area (Å²) >= 11 is 0. The number of rotatable bonds is 6. The highest BCUT2D eigenvalue weighted by Gasteiger charge is 2.39. The predicted octanol–water partition coefficient (Wildman–Crippen LogP) is 2.41. The number of nitrogens with one attached hydrogen (secondary N) is 1. The van der Waals surface area contributed by atoms with E-state index in [1.807, 2.05) is 45.0 Å². The van der Waals surface area contributed by atoms with Gasteiger partial charge in [0, 0.05) is 19.8 Å². The Morgan fingerprint density at radius 3 is 2.39 bits per heavy atom. The molecule has 0 aliphatic carbocycles. The van der Waals surface area contributed by atoms with Crippen LogP contribution in [0, 0.1) is 5.41 Å². The van der Waals surface area contributed by atoms with Crippen molar-refractivity contribution in [3.05, 3.63) is 29.8 Å². The first kappa shape index (κ1) is 17.8. The molecule has 23 heavy (non-hydrogen) atoms. The van der Waals surface area contributed by atoms with Crippen LogP contribution in [0.15, 0.2) is 24.3 Å². The zero-order chi connectivity index (χ0) is 16.9. The molecule has 3 N–H and O–H groups in total. The van der Waals surface area contributed by atoms with Gasteiger partial charge in [0.2, 0.25) is 5.91 Å². The Bertz CT molecular complexity index is 508. The summed E-state index contributed by atoms with van der Waals surface area (Å²) in [6.07, 6.45) is 1.52. The molecular weight excluding hydrogens is 292 g/mol. The fourth-order valence-electron chi connectivity index (χ4n) is 2.83. The molecule has 1 unspecified atom stereocenters. The molecule has 1 aliphatic heterocycles. The van der Waals surface area contributed by atoms with Gasteiger partial charge >= 0.3 is 0 Å². The van der Waals surface area contributed by atoms with Crippen LogP contribution in [0.3, 0.4) is 0 Å². The highest BCUT2D eigenvalue weighted by molar-refractivity contribution is 5.83. The Labute approximate surface area is 138 Å². The van der Waals surface area contributed by atoms with E-state index in [1.165, 1.54) is 0 Å². The van der Waals surface area contributed by atoms with Crippen molar-refractivity contribution in [2.45, 2.75) is 45.8 Å². The van der Waals surface area contributed by atoms with E-state index < -0.39 is 5.41 Å². The van der Waals surface area contributed by atoms with Crippen molar-refractivity contribution in [1.29, 1.82) is 0 Å². The summed E-state index contributed by atoms with van der Waals surface area (Å²) in [7, 11) is 0. The molecule has 1 atom stereocenters. The van der Waals surface area contributed by atoms with Gasteiger partial charge in [-0.2, -0.15) is 0 Å². The molecule has 2 rings (SSSR count). The van der Waals surface area contributed by atoms with E-state index in [9.17, 15) is 4.79 Å². The summed E-state index contributed by atoms with van der Waals surface area (Å²) in [6, 6.07) is 7.78. The summed E-state index contributed by atoms with van der Waals surface area (Å²) in [4.78, 5) is 12.7. The van der Waals surface area contributed by atoms with Gasteiger partial charge in [-0.3, -0.25) is 4.79 Å². The minimum atomic E-state index is -0.493. The van der Waals surface area contributed by atoms with Gasteiger partial charge in [0.1, 0.15) is 5.75 Å². The van der Waals surface area contributed by atoms with Gasteiger partial charge in [-0.05, 0) is 51.3 Å². The van der Waals surface area contributed by atoms with E-state index >= 15 is 0 Å². The molecule has 1 aliphatic rings. The third-order valence-corrected chi connectivity index (χ3v) is 4.42. The second-order valence-corrected chi connectivity index (χ2v) is 6.53. The van der Waals surface area contributed by atoms with E-state index in [0.717, 1.165) is 11.3 Å². The summed E-state index contributed by atoms with van der Waals surface area (Å²) < 4.78 is 11.0. The van der Waals surface area contributed by atoms with Crippen molar-refractivity contribution in [2.75, 3.05) is 19.8 Å². The van der Waals surface area contributed by atoms with Crippen molar-refractivity contribution in [3.63, 3.8) is 0 Å². The van der Waals surface area contributed by atoms with Crippen LogP contribution < -0.4 is 15.8 Å². The van der Waals surface area contributed by atoms with Crippen molar-refractivity contribution in [1.82, 2.24) is 5.32 Å². The molecule has 1 aromatic carbocycles. The van der Waals surface area contributed by atoms with Crippen molar-refractivity contribution in [3.8, 4) is 5.75 Å². The molecule has 128 valence electrons. The Kier molecular flexibility index (Phi) is 6.02. The number of benzene rings is 1. The number of hydrogen-bond acceptors (Lipinski definition) is 4.